The predicted molar refractivity (Wildman–Crippen MR) is 205 cm³/mol. The number of rotatable bonds is 9. The van der Waals surface area contributed by atoms with E-state index in [0.29, 0.717) is 51.4 Å². The van der Waals surface area contributed by atoms with Gasteiger partial charge >= 0.3 is 37.3 Å². The number of hydrogen-bond acceptors (Lipinski definition) is 7. The molecule has 1 aliphatic carbocycles. The fourth-order valence-electron chi connectivity index (χ4n) is 5.61. The molecule has 0 fully saturated rings. The summed E-state index contributed by atoms with van der Waals surface area (Å²) in [6.45, 7) is 1.97. The molecule has 14 heteroatoms. The number of aliphatic hydroxyl groups excluding tert-OH is 2. The normalized spacial score (nSPS) is 14.8. The number of halogens is 5. The summed E-state index contributed by atoms with van der Waals surface area (Å²) in [5.41, 5.74) is 8.42. The van der Waals surface area contributed by atoms with Crippen molar-refractivity contribution >= 4 is 40.4 Å². The van der Waals surface area contributed by atoms with Gasteiger partial charge in [0.05, 0.1) is 22.8 Å². The van der Waals surface area contributed by atoms with Crippen molar-refractivity contribution in [1.29, 1.82) is 0 Å². The van der Waals surface area contributed by atoms with Gasteiger partial charge in [0, 0.05) is 41.0 Å². The van der Waals surface area contributed by atoms with E-state index in [1.54, 1.807) is 41.2 Å². The van der Waals surface area contributed by atoms with Crippen LogP contribution in [0.3, 0.4) is 0 Å². The summed E-state index contributed by atoms with van der Waals surface area (Å²) in [5, 5.41) is 40.7. The zero-order valence-electron chi connectivity index (χ0n) is 29.4. The van der Waals surface area contributed by atoms with E-state index in [0.717, 1.165) is 29.6 Å². The summed E-state index contributed by atoms with van der Waals surface area (Å²) in [6, 6.07) is 13.7. The number of hydrogen-bond donors (Lipinski definition) is 2. The van der Waals surface area contributed by atoms with Gasteiger partial charge in [-0.05, 0) is 79.0 Å². The Morgan fingerprint density at radius 3 is 2.54 bits per heavy atom. The number of thiophene rings is 1. The smallest absolute Gasteiger partial charge is 0.854 e. The van der Waals surface area contributed by atoms with E-state index in [-0.39, 0.29) is 42.2 Å². The van der Waals surface area contributed by atoms with Crippen LogP contribution >= 0.6 is 22.9 Å². The van der Waals surface area contributed by atoms with Crippen LogP contribution in [0.25, 0.3) is 22.2 Å². The third-order valence-corrected chi connectivity index (χ3v) is 9.31. The SMILES string of the molecule is CC1=CC(c2onc(-c3ccc(Cl)cc3)c2C(O)C2=CN=CCC2)=C=C=C1.[N-]=C(C(=[C-]c1ccsc1)C(O)c1cccnc1)c1cc(C(F)(F)F)ccc1F.[U+2]. The van der Waals surface area contributed by atoms with Gasteiger partial charge in [-0.2, -0.15) is 13.2 Å². The standard InChI is InChI=1S/C22H17ClN2O2.C20H12F4N2OS.U/c1-14-4-2-5-16(12-14)22-19(21(26)17-6-3-11-24-13-17)20(25-27-22)15-7-9-18(23)10-8-15;21-17-4-3-14(20(22,23)24)9-15(17)18(25)16(8-12-5-7-28-11-12)19(27)13-2-1-6-26-10-13;/h4,7-13,21,26H,3,6H2,1H3;1-7,9-11,19,27H;/q;-2;+2. The van der Waals surface area contributed by atoms with Crippen LogP contribution in [0.1, 0.15) is 65.6 Å². The summed E-state index contributed by atoms with van der Waals surface area (Å²) >= 11 is 7.34. The van der Waals surface area contributed by atoms with Crippen molar-refractivity contribution < 1.29 is 63.4 Å². The molecule has 0 saturated heterocycles. The van der Waals surface area contributed by atoms with E-state index in [1.165, 1.54) is 29.8 Å². The van der Waals surface area contributed by atoms with Crippen LogP contribution in [0.2, 0.25) is 5.02 Å². The van der Waals surface area contributed by atoms with Crippen LogP contribution in [0.4, 0.5) is 17.6 Å². The second-order valence-electron chi connectivity index (χ2n) is 12.3. The summed E-state index contributed by atoms with van der Waals surface area (Å²) in [6.07, 6.45) is 7.34. The number of benzene rings is 2. The molecule has 2 aromatic carbocycles. The molecule has 7 rings (SSSR count). The van der Waals surface area contributed by atoms with Gasteiger partial charge in [-0.1, -0.05) is 63.2 Å². The molecule has 0 amide bonds. The molecular formula is C42H29ClF4N4O3SU. The molecule has 1 aliphatic heterocycles. The monoisotopic (exact) mass is 1020 g/mol. The summed E-state index contributed by atoms with van der Waals surface area (Å²) < 4.78 is 58.9. The van der Waals surface area contributed by atoms with Gasteiger partial charge < -0.3 is 20.1 Å². The van der Waals surface area contributed by atoms with Crippen molar-refractivity contribution in [3.8, 4) is 11.3 Å². The zero-order chi connectivity index (χ0) is 39.1. The van der Waals surface area contributed by atoms with Gasteiger partial charge in [0.1, 0.15) is 17.6 Å². The van der Waals surface area contributed by atoms with Crippen molar-refractivity contribution in [3.63, 3.8) is 0 Å². The van der Waals surface area contributed by atoms with Crippen LogP contribution in [-0.4, -0.2) is 32.3 Å². The molecular weight excluding hydrogens is 990 g/mol. The van der Waals surface area contributed by atoms with Gasteiger partial charge in [0.25, 0.3) is 0 Å². The van der Waals surface area contributed by atoms with E-state index in [1.807, 2.05) is 37.4 Å². The molecule has 2 atom stereocenters. The Balaban J connectivity index is 0.000000211. The molecule has 2 unspecified atom stereocenters. The Labute approximate surface area is 352 Å². The summed E-state index contributed by atoms with van der Waals surface area (Å²) in [4.78, 5) is 8.06. The average Bonchev–Trinajstić information content (AvgIpc) is 3.88. The fourth-order valence-corrected chi connectivity index (χ4v) is 6.32. The van der Waals surface area contributed by atoms with Crippen molar-refractivity contribution in [2.75, 3.05) is 0 Å². The number of aromatic nitrogens is 2. The van der Waals surface area contributed by atoms with Crippen molar-refractivity contribution in [2.45, 2.75) is 38.1 Å². The second-order valence-corrected chi connectivity index (χ2v) is 13.5. The number of allylic oxidation sites excluding steroid dienone is 4. The van der Waals surface area contributed by atoms with Gasteiger partial charge in [0.15, 0.2) is 5.76 Å². The molecule has 56 heavy (non-hydrogen) atoms. The van der Waals surface area contributed by atoms with Crippen molar-refractivity contribution in [2.24, 2.45) is 4.99 Å². The molecule has 0 saturated carbocycles. The molecule has 3 aromatic heterocycles. The number of nitrogens with zero attached hydrogens (tertiary/aromatic N) is 4. The molecule has 2 N–H and O–H groups in total. The second kappa shape index (κ2) is 19.0. The Hall–Kier alpha value is -4.66. The van der Waals surface area contributed by atoms with Gasteiger partial charge in [0.2, 0.25) is 0 Å². The molecule has 0 radical (unpaired) electrons. The summed E-state index contributed by atoms with van der Waals surface area (Å²) in [7, 11) is 0. The van der Waals surface area contributed by atoms with Crippen LogP contribution in [0.5, 0.6) is 0 Å². The first-order valence-electron chi connectivity index (χ1n) is 16.6. The molecule has 4 heterocycles. The van der Waals surface area contributed by atoms with Crippen LogP contribution in [-0.2, 0) is 6.18 Å². The zero-order valence-corrected chi connectivity index (χ0v) is 35.1. The summed E-state index contributed by atoms with van der Waals surface area (Å²) in [5.74, 6) is -0.573. The van der Waals surface area contributed by atoms with Crippen LogP contribution < -0.4 is 0 Å². The Bertz CT molecular complexity index is 2430. The first kappa shape index (κ1) is 42.5. The van der Waals surface area contributed by atoms with E-state index >= 15 is 0 Å². The van der Waals surface area contributed by atoms with Crippen molar-refractivity contribution in [3.05, 3.63) is 186 Å². The average molecular weight is 1020 g/mol. The maximum absolute atomic E-state index is 14.2. The number of pyridine rings is 1. The first-order valence-corrected chi connectivity index (χ1v) is 17.9. The van der Waals surface area contributed by atoms with Gasteiger partial charge in [-0.15, -0.1) is 23.3 Å². The van der Waals surface area contributed by atoms with Gasteiger partial charge in [-0.3, -0.25) is 9.98 Å². The number of aliphatic hydroxyl groups is 2. The molecule has 0 spiro atoms. The minimum Gasteiger partial charge on any atom is -0.854 e. The Kier molecular flexibility index (Phi) is 14.4. The number of alkyl halides is 3. The topological polar surface area (TPSA) is 114 Å². The Morgan fingerprint density at radius 2 is 1.89 bits per heavy atom. The third kappa shape index (κ3) is 10.2. The first-order chi connectivity index (χ1) is 26.4. The van der Waals surface area contributed by atoms with Crippen molar-refractivity contribution in [1.82, 2.24) is 10.1 Å². The number of aliphatic imine (C=N–C) groups is 1. The molecule has 0 bridgehead atoms. The maximum Gasteiger partial charge on any atom is 2.00 e. The van der Waals surface area contributed by atoms with Crippen LogP contribution in [0, 0.1) is 43.0 Å². The fraction of sp³-hybridized carbons (Fsp3) is 0.143. The molecule has 2 aliphatic rings. The van der Waals surface area contributed by atoms with E-state index in [4.69, 9.17) is 16.1 Å². The van der Waals surface area contributed by atoms with Crippen LogP contribution in [0.15, 0.2) is 140 Å². The van der Waals surface area contributed by atoms with E-state index < -0.39 is 41.0 Å². The largest absolute Gasteiger partial charge is 2.00 e. The minimum absolute atomic E-state index is 0. The minimum atomic E-state index is -4.72. The molecule has 280 valence electrons. The molecule has 7 nitrogen and oxygen atoms in total. The van der Waals surface area contributed by atoms with E-state index in [2.05, 4.69) is 32.7 Å². The molecule has 5 aromatic rings. The van der Waals surface area contributed by atoms with Gasteiger partial charge in [-0.25, -0.2) is 21.4 Å². The Morgan fingerprint density at radius 1 is 1.11 bits per heavy atom. The quantitative estimate of drug-likeness (QED) is 0.0661. The predicted octanol–water partition coefficient (Wildman–Crippen LogP) is 10.6. The third-order valence-electron chi connectivity index (χ3n) is 8.38. The van der Waals surface area contributed by atoms with E-state index in [9.17, 15) is 33.2 Å². The maximum atomic E-state index is 14.2.